The Morgan fingerprint density at radius 1 is 1.36 bits per heavy atom. The van der Waals surface area contributed by atoms with Crippen molar-refractivity contribution >= 4 is 5.82 Å². The van der Waals surface area contributed by atoms with Crippen LogP contribution in [0, 0.1) is 0 Å². The van der Waals surface area contributed by atoms with Gasteiger partial charge in [-0.15, -0.1) is 5.10 Å². The fourth-order valence-electron chi connectivity index (χ4n) is 1.83. The standard InChI is InChI=1S/C10H15N3O/c1-8-6-13(7-9(2)14-8)10-4-3-5-11-12-10/h3-5,8-9H,6-7H2,1-2H3/t8-,9+. The molecule has 1 aliphatic rings. The largest absolute Gasteiger partial charge is 0.372 e. The van der Waals surface area contributed by atoms with Crippen LogP contribution in [0.2, 0.25) is 0 Å². The number of ether oxygens (including phenoxy) is 1. The van der Waals surface area contributed by atoms with E-state index in [1.165, 1.54) is 0 Å². The van der Waals surface area contributed by atoms with E-state index >= 15 is 0 Å². The van der Waals surface area contributed by atoms with Crippen LogP contribution < -0.4 is 4.90 Å². The molecule has 1 fully saturated rings. The highest BCUT2D eigenvalue weighted by molar-refractivity contribution is 5.37. The van der Waals surface area contributed by atoms with Crippen molar-refractivity contribution in [1.29, 1.82) is 0 Å². The molecule has 0 saturated carbocycles. The lowest BCUT2D eigenvalue weighted by atomic mass is 10.2. The predicted octanol–water partition coefficient (Wildman–Crippen LogP) is 1.09. The van der Waals surface area contributed by atoms with Crippen molar-refractivity contribution in [2.24, 2.45) is 0 Å². The molecule has 4 heteroatoms. The molecule has 2 heterocycles. The third-order valence-electron chi connectivity index (χ3n) is 2.30. The first-order chi connectivity index (χ1) is 6.75. The summed E-state index contributed by atoms with van der Waals surface area (Å²) in [5, 5.41) is 7.97. The van der Waals surface area contributed by atoms with Gasteiger partial charge in [0, 0.05) is 19.3 Å². The van der Waals surface area contributed by atoms with Gasteiger partial charge in [0.1, 0.15) is 0 Å². The lowest BCUT2D eigenvalue weighted by Gasteiger charge is -2.35. The topological polar surface area (TPSA) is 38.2 Å². The summed E-state index contributed by atoms with van der Waals surface area (Å²) in [4.78, 5) is 2.21. The third kappa shape index (κ3) is 2.01. The van der Waals surface area contributed by atoms with Gasteiger partial charge >= 0.3 is 0 Å². The quantitative estimate of drug-likeness (QED) is 0.669. The Bertz CT molecular complexity index is 281. The Kier molecular flexibility index (Phi) is 2.63. The van der Waals surface area contributed by atoms with E-state index < -0.39 is 0 Å². The fraction of sp³-hybridized carbons (Fsp3) is 0.600. The van der Waals surface area contributed by atoms with Gasteiger partial charge in [-0.05, 0) is 26.0 Å². The van der Waals surface area contributed by atoms with Crippen LogP contribution >= 0.6 is 0 Å². The van der Waals surface area contributed by atoms with Gasteiger partial charge in [-0.1, -0.05) is 0 Å². The minimum Gasteiger partial charge on any atom is -0.372 e. The second-order valence-corrected chi connectivity index (χ2v) is 3.74. The van der Waals surface area contributed by atoms with Crippen molar-refractivity contribution in [2.45, 2.75) is 26.1 Å². The smallest absolute Gasteiger partial charge is 0.151 e. The average molecular weight is 193 g/mol. The number of anilines is 1. The number of aromatic nitrogens is 2. The molecule has 0 bridgehead atoms. The van der Waals surface area contributed by atoms with E-state index in [1.807, 2.05) is 12.1 Å². The Balaban J connectivity index is 2.11. The molecule has 2 rings (SSSR count). The van der Waals surface area contributed by atoms with Crippen LogP contribution in [-0.4, -0.2) is 35.5 Å². The monoisotopic (exact) mass is 193 g/mol. The maximum Gasteiger partial charge on any atom is 0.151 e. The second-order valence-electron chi connectivity index (χ2n) is 3.74. The molecule has 0 unspecified atom stereocenters. The molecule has 0 radical (unpaired) electrons. The van der Waals surface area contributed by atoms with Crippen LogP contribution in [0.5, 0.6) is 0 Å². The Hall–Kier alpha value is -1.16. The van der Waals surface area contributed by atoms with Crippen LogP contribution in [0.3, 0.4) is 0 Å². The molecule has 76 valence electrons. The number of morpholine rings is 1. The van der Waals surface area contributed by atoms with E-state index in [9.17, 15) is 0 Å². The molecule has 1 aromatic rings. The lowest BCUT2D eigenvalue weighted by molar-refractivity contribution is -0.00550. The van der Waals surface area contributed by atoms with E-state index in [2.05, 4.69) is 28.9 Å². The summed E-state index contributed by atoms with van der Waals surface area (Å²) < 4.78 is 5.65. The molecule has 1 aromatic heterocycles. The fourth-order valence-corrected chi connectivity index (χ4v) is 1.83. The van der Waals surface area contributed by atoms with E-state index in [0.29, 0.717) is 0 Å². The maximum absolute atomic E-state index is 5.65. The van der Waals surface area contributed by atoms with Gasteiger partial charge in [0.2, 0.25) is 0 Å². The maximum atomic E-state index is 5.65. The third-order valence-corrected chi connectivity index (χ3v) is 2.30. The van der Waals surface area contributed by atoms with Crippen LogP contribution in [-0.2, 0) is 4.74 Å². The molecule has 0 N–H and O–H groups in total. The normalized spacial score (nSPS) is 27.7. The summed E-state index contributed by atoms with van der Waals surface area (Å²) in [5.41, 5.74) is 0. The van der Waals surface area contributed by atoms with E-state index in [4.69, 9.17) is 4.74 Å². The first-order valence-electron chi connectivity index (χ1n) is 4.94. The molecule has 1 saturated heterocycles. The second kappa shape index (κ2) is 3.92. The summed E-state index contributed by atoms with van der Waals surface area (Å²) in [6.07, 6.45) is 2.22. The first kappa shape index (κ1) is 9.40. The SMILES string of the molecule is C[C@@H]1CN(c2cccnn2)C[C@H](C)O1. The summed E-state index contributed by atoms with van der Waals surface area (Å²) in [6.45, 7) is 5.95. The van der Waals surface area contributed by atoms with Gasteiger partial charge in [0.25, 0.3) is 0 Å². The highest BCUT2D eigenvalue weighted by atomic mass is 16.5. The molecule has 0 aliphatic carbocycles. The van der Waals surface area contributed by atoms with Crippen LogP contribution in [0.25, 0.3) is 0 Å². The molecular formula is C10H15N3O. The lowest BCUT2D eigenvalue weighted by Crippen LogP contribution is -2.45. The number of hydrogen-bond donors (Lipinski definition) is 0. The van der Waals surface area contributed by atoms with E-state index in [-0.39, 0.29) is 12.2 Å². The first-order valence-corrected chi connectivity index (χ1v) is 4.94. The summed E-state index contributed by atoms with van der Waals surface area (Å²) in [5.74, 6) is 0.939. The van der Waals surface area contributed by atoms with Gasteiger partial charge in [-0.2, -0.15) is 5.10 Å². The Morgan fingerprint density at radius 3 is 2.64 bits per heavy atom. The van der Waals surface area contributed by atoms with Gasteiger partial charge in [0.05, 0.1) is 12.2 Å². The molecular weight excluding hydrogens is 178 g/mol. The molecule has 0 spiro atoms. The highest BCUT2D eigenvalue weighted by Gasteiger charge is 2.22. The molecule has 4 nitrogen and oxygen atoms in total. The van der Waals surface area contributed by atoms with E-state index in [0.717, 1.165) is 18.9 Å². The van der Waals surface area contributed by atoms with Gasteiger partial charge < -0.3 is 9.64 Å². The van der Waals surface area contributed by atoms with Crippen LogP contribution in [0.15, 0.2) is 18.3 Å². The summed E-state index contributed by atoms with van der Waals surface area (Å²) in [6, 6.07) is 3.89. The minimum atomic E-state index is 0.265. The molecule has 1 aliphatic heterocycles. The van der Waals surface area contributed by atoms with Crippen molar-refractivity contribution in [3.05, 3.63) is 18.3 Å². The van der Waals surface area contributed by atoms with Crippen molar-refractivity contribution < 1.29 is 4.74 Å². The van der Waals surface area contributed by atoms with E-state index in [1.54, 1.807) is 6.20 Å². The molecule has 2 atom stereocenters. The zero-order valence-electron chi connectivity index (χ0n) is 8.55. The van der Waals surface area contributed by atoms with Gasteiger partial charge in [0.15, 0.2) is 5.82 Å². The highest BCUT2D eigenvalue weighted by Crippen LogP contribution is 2.16. The Labute approximate surface area is 83.9 Å². The minimum absolute atomic E-state index is 0.265. The van der Waals surface area contributed by atoms with Crippen molar-refractivity contribution in [3.8, 4) is 0 Å². The van der Waals surface area contributed by atoms with Crippen molar-refractivity contribution in [2.75, 3.05) is 18.0 Å². The molecule has 0 amide bonds. The van der Waals surface area contributed by atoms with Gasteiger partial charge in [-0.25, -0.2) is 0 Å². The summed E-state index contributed by atoms with van der Waals surface area (Å²) in [7, 11) is 0. The number of rotatable bonds is 1. The van der Waals surface area contributed by atoms with Crippen LogP contribution in [0.1, 0.15) is 13.8 Å². The van der Waals surface area contributed by atoms with Crippen molar-refractivity contribution in [3.63, 3.8) is 0 Å². The molecule has 14 heavy (non-hydrogen) atoms. The number of hydrogen-bond acceptors (Lipinski definition) is 4. The molecule has 0 aromatic carbocycles. The Morgan fingerprint density at radius 2 is 2.07 bits per heavy atom. The number of nitrogens with zero attached hydrogens (tertiary/aromatic N) is 3. The average Bonchev–Trinajstić information content (AvgIpc) is 2.18. The zero-order valence-corrected chi connectivity index (χ0v) is 8.55. The van der Waals surface area contributed by atoms with Gasteiger partial charge in [-0.3, -0.25) is 0 Å². The van der Waals surface area contributed by atoms with Crippen molar-refractivity contribution in [1.82, 2.24) is 10.2 Å². The summed E-state index contributed by atoms with van der Waals surface area (Å²) >= 11 is 0. The van der Waals surface area contributed by atoms with Crippen LogP contribution in [0.4, 0.5) is 5.82 Å². The predicted molar refractivity (Wildman–Crippen MR) is 54.3 cm³/mol. The zero-order chi connectivity index (χ0) is 9.97.